The van der Waals surface area contributed by atoms with Crippen molar-refractivity contribution in [3.63, 3.8) is 0 Å². The monoisotopic (exact) mass is 192 g/mol. The van der Waals surface area contributed by atoms with E-state index < -0.39 is 0 Å². The van der Waals surface area contributed by atoms with Gasteiger partial charge in [0.1, 0.15) is 5.01 Å². The van der Waals surface area contributed by atoms with Crippen molar-refractivity contribution in [3.8, 4) is 11.4 Å². The third kappa shape index (κ3) is 1.74. The molecule has 0 fully saturated rings. The minimum Gasteiger partial charge on any atom is -0.389 e. The van der Waals surface area contributed by atoms with Gasteiger partial charge in [-0.25, -0.2) is 4.98 Å². The molecule has 4 heteroatoms. The van der Waals surface area contributed by atoms with Gasteiger partial charge in [-0.2, -0.15) is 4.37 Å². The van der Waals surface area contributed by atoms with Crippen LogP contribution in [0.5, 0.6) is 0 Å². The molecule has 3 nitrogen and oxygen atoms in total. The van der Waals surface area contributed by atoms with Crippen molar-refractivity contribution in [3.05, 3.63) is 35.3 Å². The van der Waals surface area contributed by atoms with Crippen molar-refractivity contribution < 1.29 is 5.11 Å². The number of aliphatic hydroxyl groups is 1. The van der Waals surface area contributed by atoms with Crippen molar-refractivity contribution in [2.45, 2.75) is 6.61 Å². The number of rotatable bonds is 2. The number of aliphatic hydroxyl groups excluding tert-OH is 1. The Morgan fingerprint density at radius 1 is 1.23 bits per heavy atom. The maximum absolute atomic E-state index is 8.81. The van der Waals surface area contributed by atoms with Crippen LogP contribution in [-0.2, 0) is 6.61 Å². The third-order valence-electron chi connectivity index (χ3n) is 1.64. The predicted molar refractivity (Wildman–Crippen MR) is 51.3 cm³/mol. The summed E-state index contributed by atoms with van der Waals surface area (Å²) < 4.78 is 4.13. The number of nitrogens with zero attached hydrogens (tertiary/aromatic N) is 2. The Hall–Kier alpha value is -1.26. The molecule has 0 saturated heterocycles. The van der Waals surface area contributed by atoms with Crippen molar-refractivity contribution in [2.24, 2.45) is 0 Å². The lowest BCUT2D eigenvalue weighted by Crippen LogP contribution is -1.82. The van der Waals surface area contributed by atoms with Gasteiger partial charge in [0.2, 0.25) is 0 Å². The average Bonchev–Trinajstić information content (AvgIpc) is 2.67. The summed E-state index contributed by atoms with van der Waals surface area (Å²) in [4.78, 5) is 4.16. The van der Waals surface area contributed by atoms with E-state index in [1.54, 1.807) is 0 Å². The molecular weight excluding hydrogens is 184 g/mol. The highest BCUT2D eigenvalue weighted by Gasteiger charge is 2.03. The van der Waals surface area contributed by atoms with Crippen molar-refractivity contribution >= 4 is 11.5 Å². The zero-order chi connectivity index (χ0) is 9.10. The average molecular weight is 192 g/mol. The van der Waals surface area contributed by atoms with Crippen LogP contribution in [0.3, 0.4) is 0 Å². The molecular formula is C9H8N2OS. The van der Waals surface area contributed by atoms with E-state index >= 15 is 0 Å². The molecule has 0 spiro atoms. The molecule has 66 valence electrons. The fourth-order valence-electron chi connectivity index (χ4n) is 1.02. The molecule has 0 radical (unpaired) electrons. The lowest BCUT2D eigenvalue weighted by Gasteiger charge is -1.91. The molecule has 0 saturated carbocycles. The predicted octanol–water partition coefficient (Wildman–Crippen LogP) is 1.70. The Balaban J connectivity index is 2.36. The Kier molecular flexibility index (Phi) is 2.33. The van der Waals surface area contributed by atoms with Crippen LogP contribution in [0.25, 0.3) is 11.4 Å². The van der Waals surface area contributed by atoms with Gasteiger partial charge in [-0.05, 0) is 11.5 Å². The van der Waals surface area contributed by atoms with Crippen LogP contribution in [0.1, 0.15) is 5.01 Å². The van der Waals surface area contributed by atoms with Crippen LogP contribution in [0.15, 0.2) is 30.3 Å². The molecule has 1 heterocycles. The van der Waals surface area contributed by atoms with E-state index in [0.717, 1.165) is 5.56 Å². The Morgan fingerprint density at radius 2 is 2.00 bits per heavy atom. The van der Waals surface area contributed by atoms with Crippen LogP contribution in [-0.4, -0.2) is 14.5 Å². The van der Waals surface area contributed by atoms with Crippen molar-refractivity contribution in [1.29, 1.82) is 0 Å². The molecule has 0 amide bonds. The lowest BCUT2D eigenvalue weighted by atomic mass is 10.2. The SMILES string of the molecule is OCc1nc(-c2ccccc2)ns1. The highest BCUT2D eigenvalue weighted by molar-refractivity contribution is 7.05. The summed E-state index contributed by atoms with van der Waals surface area (Å²) >= 11 is 1.23. The van der Waals surface area contributed by atoms with E-state index in [2.05, 4.69) is 9.36 Å². The lowest BCUT2D eigenvalue weighted by molar-refractivity contribution is 0.281. The molecule has 0 aliphatic carbocycles. The molecule has 0 aliphatic rings. The van der Waals surface area contributed by atoms with E-state index in [-0.39, 0.29) is 6.61 Å². The van der Waals surface area contributed by atoms with Crippen molar-refractivity contribution in [1.82, 2.24) is 9.36 Å². The van der Waals surface area contributed by atoms with Gasteiger partial charge >= 0.3 is 0 Å². The number of aromatic nitrogens is 2. The molecule has 2 aromatic rings. The van der Waals surface area contributed by atoms with Gasteiger partial charge in [0.25, 0.3) is 0 Å². The highest BCUT2D eigenvalue weighted by atomic mass is 32.1. The summed E-state index contributed by atoms with van der Waals surface area (Å²) in [6, 6.07) is 9.72. The molecule has 2 rings (SSSR count). The molecule has 0 bridgehead atoms. The fraction of sp³-hybridized carbons (Fsp3) is 0.111. The first-order chi connectivity index (χ1) is 6.40. The smallest absolute Gasteiger partial charge is 0.173 e. The minimum atomic E-state index is -0.0372. The molecule has 0 atom stereocenters. The Bertz CT molecular complexity index is 386. The highest BCUT2D eigenvalue weighted by Crippen LogP contribution is 2.17. The largest absolute Gasteiger partial charge is 0.389 e. The first-order valence-corrected chi connectivity index (χ1v) is 4.66. The van der Waals surface area contributed by atoms with Gasteiger partial charge < -0.3 is 5.11 Å². The third-order valence-corrected chi connectivity index (χ3v) is 2.33. The van der Waals surface area contributed by atoms with Crippen molar-refractivity contribution in [2.75, 3.05) is 0 Å². The summed E-state index contributed by atoms with van der Waals surface area (Å²) in [6.07, 6.45) is 0. The van der Waals surface area contributed by atoms with Gasteiger partial charge in [0.15, 0.2) is 5.82 Å². The normalized spacial score (nSPS) is 10.2. The van der Waals surface area contributed by atoms with E-state index in [9.17, 15) is 0 Å². The topological polar surface area (TPSA) is 46.0 Å². The van der Waals surface area contributed by atoms with E-state index in [0.29, 0.717) is 10.8 Å². The van der Waals surface area contributed by atoms with E-state index in [1.807, 2.05) is 30.3 Å². The second-order valence-corrected chi connectivity index (χ2v) is 3.37. The maximum Gasteiger partial charge on any atom is 0.173 e. The quantitative estimate of drug-likeness (QED) is 0.787. The first kappa shape index (κ1) is 8.34. The summed E-state index contributed by atoms with van der Waals surface area (Å²) in [5, 5.41) is 9.46. The first-order valence-electron chi connectivity index (χ1n) is 3.89. The van der Waals surface area contributed by atoms with E-state index in [1.165, 1.54) is 11.5 Å². The molecule has 1 N–H and O–H groups in total. The van der Waals surface area contributed by atoms with Gasteiger partial charge in [-0.15, -0.1) is 0 Å². The second-order valence-electron chi connectivity index (χ2n) is 2.54. The maximum atomic E-state index is 8.81. The van der Waals surface area contributed by atoms with Crippen LogP contribution in [0, 0.1) is 0 Å². The van der Waals surface area contributed by atoms with Crippen LogP contribution in [0.4, 0.5) is 0 Å². The zero-order valence-electron chi connectivity index (χ0n) is 6.84. The number of hydrogen-bond donors (Lipinski definition) is 1. The Morgan fingerprint density at radius 3 is 2.62 bits per heavy atom. The molecule has 13 heavy (non-hydrogen) atoms. The summed E-state index contributed by atoms with van der Waals surface area (Å²) in [5.41, 5.74) is 0.985. The second kappa shape index (κ2) is 3.64. The van der Waals surface area contributed by atoms with Gasteiger partial charge in [-0.3, -0.25) is 0 Å². The van der Waals surface area contributed by atoms with Crippen LogP contribution in [0.2, 0.25) is 0 Å². The molecule has 1 aromatic carbocycles. The standard InChI is InChI=1S/C9H8N2OS/c12-6-8-10-9(11-13-8)7-4-2-1-3-5-7/h1-5,12H,6H2. The summed E-state index contributed by atoms with van der Waals surface area (Å²) in [7, 11) is 0. The zero-order valence-corrected chi connectivity index (χ0v) is 7.66. The van der Waals surface area contributed by atoms with Crippen LogP contribution < -0.4 is 0 Å². The fourth-order valence-corrected chi connectivity index (χ4v) is 1.55. The summed E-state index contributed by atoms with van der Waals surface area (Å²) in [5.74, 6) is 0.689. The molecule has 0 aliphatic heterocycles. The molecule has 0 unspecified atom stereocenters. The number of hydrogen-bond acceptors (Lipinski definition) is 4. The van der Waals surface area contributed by atoms with Gasteiger partial charge in [0, 0.05) is 5.56 Å². The molecule has 1 aromatic heterocycles. The Labute approximate surface area is 79.9 Å². The minimum absolute atomic E-state index is 0.0372. The van der Waals surface area contributed by atoms with Gasteiger partial charge in [0.05, 0.1) is 6.61 Å². The van der Waals surface area contributed by atoms with Crippen LogP contribution >= 0.6 is 11.5 Å². The number of benzene rings is 1. The van der Waals surface area contributed by atoms with Gasteiger partial charge in [-0.1, -0.05) is 30.3 Å². The van der Waals surface area contributed by atoms with E-state index in [4.69, 9.17) is 5.11 Å². The summed E-state index contributed by atoms with van der Waals surface area (Å²) in [6.45, 7) is -0.0372.